The van der Waals surface area contributed by atoms with E-state index in [-0.39, 0.29) is 33.9 Å². The zero-order valence-electron chi connectivity index (χ0n) is 29.0. The number of benzene rings is 9. The summed E-state index contributed by atoms with van der Waals surface area (Å²) in [5.74, 6) is -0.588. The Labute approximate surface area is 311 Å². The van der Waals surface area contributed by atoms with E-state index in [1.54, 1.807) is 0 Å². The number of fused-ring (bicyclic) bond motifs is 5. The first-order valence-corrected chi connectivity index (χ1v) is 17.9. The van der Waals surface area contributed by atoms with Gasteiger partial charge in [-0.25, -0.2) is 0 Å². The van der Waals surface area contributed by atoms with Crippen molar-refractivity contribution in [3.8, 4) is 72.9 Å². The predicted molar refractivity (Wildman–Crippen MR) is 221 cm³/mol. The lowest BCUT2D eigenvalue weighted by atomic mass is 9.82. The van der Waals surface area contributed by atoms with Crippen LogP contribution in [0.3, 0.4) is 0 Å². The van der Waals surface area contributed by atoms with E-state index in [0.29, 0.717) is 16.7 Å². The van der Waals surface area contributed by atoms with Crippen LogP contribution in [0.25, 0.3) is 99.1 Å². The summed E-state index contributed by atoms with van der Waals surface area (Å²) >= 11 is 0. The molecule has 9 aromatic carbocycles. The lowest BCUT2D eigenvalue weighted by molar-refractivity contribution is 0.436. The van der Waals surface area contributed by atoms with E-state index in [1.807, 2.05) is 133 Å². The van der Waals surface area contributed by atoms with Gasteiger partial charge in [-0.15, -0.1) is 0 Å². The van der Waals surface area contributed by atoms with Gasteiger partial charge >= 0.3 is 0 Å². The van der Waals surface area contributed by atoms with Crippen LogP contribution in [0.1, 0.15) is 0 Å². The number of hydrogen-bond donors (Lipinski definition) is 3. The molecule has 256 valence electrons. The molecule has 1 aromatic heterocycles. The average molecular weight is 697 g/mol. The quantitative estimate of drug-likeness (QED) is 0.157. The summed E-state index contributed by atoms with van der Waals surface area (Å²) in [5.41, 5.74) is 8.56. The smallest absolute Gasteiger partial charge is 0.138 e. The second kappa shape index (κ2) is 12.4. The number of phenols is 3. The molecule has 4 heteroatoms. The Bertz CT molecular complexity index is 2930. The molecule has 0 aliphatic rings. The van der Waals surface area contributed by atoms with Gasteiger partial charge in [0.25, 0.3) is 0 Å². The monoisotopic (exact) mass is 696 g/mol. The molecule has 10 rings (SSSR count). The van der Waals surface area contributed by atoms with Crippen molar-refractivity contribution in [2.75, 3.05) is 0 Å². The molecule has 54 heavy (non-hydrogen) atoms. The van der Waals surface area contributed by atoms with Crippen molar-refractivity contribution in [2.45, 2.75) is 0 Å². The maximum Gasteiger partial charge on any atom is 0.138 e. The van der Waals surface area contributed by atoms with Crippen LogP contribution in [0.15, 0.2) is 180 Å². The molecule has 0 spiro atoms. The molecule has 0 saturated heterocycles. The van der Waals surface area contributed by atoms with Gasteiger partial charge in [-0.05, 0) is 73.1 Å². The highest BCUT2D eigenvalue weighted by Gasteiger charge is 2.29. The minimum atomic E-state index is -0.199. The van der Waals surface area contributed by atoms with Crippen LogP contribution in [-0.2, 0) is 0 Å². The lowest BCUT2D eigenvalue weighted by Gasteiger charge is -2.23. The normalized spacial score (nSPS) is 11.6. The summed E-state index contributed by atoms with van der Waals surface area (Å²) in [5, 5.41) is 42.2. The van der Waals surface area contributed by atoms with Crippen LogP contribution >= 0.6 is 0 Å². The highest BCUT2D eigenvalue weighted by molar-refractivity contribution is 6.27. The molecular weight excluding hydrogens is 665 g/mol. The average Bonchev–Trinajstić information content (AvgIpc) is 3.60. The first-order valence-electron chi connectivity index (χ1n) is 17.9. The summed E-state index contributed by atoms with van der Waals surface area (Å²) < 4.78 is 6.49. The van der Waals surface area contributed by atoms with Gasteiger partial charge in [-0.3, -0.25) is 0 Å². The van der Waals surface area contributed by atoms with Crippen molar-refractivity contribution in [1.29, 1.82) is 0 Å². The second-order valence-corrected chi connectivity index (χ2v) is 13.6. The molecule has 0 saturated carbocycles. The SMILES string of the molecule is Oc1c(-c2ccccc2)c(O)c(-c2c3ccccc3c(-c3cccc4oc5ccc(-c6ccccc6)cc5c34)c3ccccc23)c(O)c1-c1ccccc1. The van der Waals surface area contributed by atoms with Crippen molar-refractivity contribution in [3.05, 3.63) is 176 Å². The Balaban J connectivity index is 1.33. The zero-order chi connectivity index (χ0) is 36.3. The standard InChI is InChI=1S/C50H32O4/c51-48-42(31-17-6-2-7-18-31)49(52)47(50(53)43(48)32-19-8-3-9-20-32)46-36-23-12-10-21-34(36)44(35-22-11-13-24-37(35)46)38-25-14-26-41-45(38)39-29-33(27-28-40(39)54-41)30-15-4-1-5-16-30/h1-29,51-53H. The Morgan fingerprint density at radius 3 is 1.30 bits per heavy atom. The highest BCUT2D eigenvalue weighted by Crippen LogP contribution is 2.58. The molecule has 0 aliphatic carbocycles. The van der Waals surface area contributed by atoms with Crippen LogP contribution in [0.2, 0.25) is 0 Å². The fourth-order valence-electron chi connectivity index (χ4n) is 8.24. The summed E-state index contributed by atoms with van der Waals surface area (Å²) in [7, 11) is 0. The van der Waals surface area contributed by atoms with Crippen LogP contribution in [0, 0.1) is 0 Å². The van der Waals surface area contributed by atoms with E-state index in [9.17, 15) is 15.3 Å². The first kappa shape index (κ1) is 31.4. The van der Waals surface area contributed by atoms with Crippen molar-refractivity contribution in [2.24, 2.45) is 0 Å². The molecule has 1 heterocycles. The van der Waals surface area contributed by atoms with E-state index in [4.69, 9.17) is 4.42 Å². The third-order valence-corrected chi connectivity index (χ3v) is 10.6. The van der Waals surface area contributed by atoms with Crippen molar-refractivity contribution in [3.63, 3.8) is 0 Å². The predicted octanol–water partition coefficient (Wildman–Crippen LogP) is 13.3. The number of furan rings is 1. The van der Waals surface area contributed by atoms with Crippen molar-refractivity contribution < 1.29 is 19.7 Å². The van der Waals surface area contributed by atoms with Crippen LogP contribution in [0.4, 0.5) is 0 Å². The fraction of sp³-hybridized carbons (Fsp3) is 0. The highest BCUT2D eigenvalue weighted by atomic mass is 16.3. The number of aromatic hydroxyl groups is 3. The number of phenolic OH excluding ortho intramolecular Hbond substituents is 3. The van der Waals surface area contributed by atoms with E-state index >= 15 is 0 Å². The van der Waals surface area contributed by atoms with E-state index in [0.717, 1.165) is 65.7 Å². The Morgan fingerprint density at radius 1 is 0.296 bits per heavy atom. The largest absolute Gasteiger partial charge is 0.506 e. The number of rotatable bonds is 5. The summed E-state index contributed by atoms with van der Waals surface area (Å²) in [6, 6.07) is 57.8. The van der Waals surface area contributed by atoms with Crippen LogP contribution < -0.4 is 0 Å². The van der Waals surface area contributed by atoms with Crippen molar-refractivity contribution in [1.82, 2.24) is 0 Å². The van der Waals surface area contributed by atoms with Gasteiger partial charge in [0.2, 0.25) is 0 Å². The van der Waals surface area contributed by atoms with Gasteiger partial charge in [-0.2, -0.15) is 0 Å². The lowest BCUT2D eigenvalue weighted by Crippen LogP contribution is -1.95. The second-order valence-electron chi connectivity index (χ2n) is 13.6. The van der Waals surface area contributed by atoms with Gasteiger partial charge in [0.15, 0.2) is 0 Å². The van der Waals surface area contributed by atoms with Gasteiger partial charge in [0.1, 0.15) is 28.4 Å². The molecule has 0 atom stereocenters. The van der Waals surface area contributed by atoms with Crippen LogP contribution in [0.5, 0.6) is 17.2 Å². The van der Waals surface area contributed by atoms with E-state index in [2.05, 4.69) is 42.5 Å². The number of hydrogen-bond acceptors (Lipinski definition) is 4. The first-order chi connectivity index (χ1) is 26.6. The Hall–Kier alpha value is -7.30. The summed E-state index contributed by atoms with van der Waals surface area (Å²) in [6.07, 6.45) is 0. The summed E-state index contributed by atoms with van der Waals surface area (Å²) in [4.78, 5) is 0. The Morgan fingerprint density at radius 2 is 0.759 bits per heavy atom. The molecule has 0 amide bonds. The van der Waals surface area contributed by atoms with Gasteiger partial charge in [0.05, 0.1) is 16.7 Å². The molecule has 0 bridgehead atoms. The minimum absolute atomic E-state index is 0.190. The third-order valence-electron chi connectivity index (χ3n) is 10.6. The molecule has 0 unspecified atom stereocenters. The van der Waals surface area contributed by atoms with Gasteiger partial charge in [-0.1, -0.05) is 158 Å². The minimum Gasteiger partial charge on any atom is -0.506 e. The molecule has 0 aliphatic heterocycles. The van der Waals surface area contributed by atoms with Crippen LogP contribution in [-0.4, -0.2) is 15.3 Å². The Kier molecular flexibility index (Phi) is 7.24. The molecule has 0 radical (unpaired) electrons. The maximum atomic E-state index is 12.4. The van der Waals surface area contributed by atoms with E-state index in [1.165, 1.54) is 0 Å². The fourth-order valence-corrected chi connectivity index (χ4v) is 8.24. The van der Waals surface area contributed by atoms with Crippen molar-refractivity contribution >= 4 is 43.5 Å². The molecule has 0 fully saturated rings. The molecule has 10 aromatic rings. The topological polar surface area (TPSA) is 73.8 Å². The van der Waals surface area contributed by atoms with Gasteiger partial charge < -0.3 is 19.7 Å². The van der Waals surface area contributed by atoms with E-state index < -0.39 is 0 Å². The molecule has 3 N–H and O–H groups in total. The zero-order valence-corrected chi connectivity index (χ0v) is 29.0. The van der Waals surface area contributed by atoms with Gasteiger partial charge in [0, 0.05) is 16.3 Å². The summed E-state index contributed by atoms with van der Waals surface area (Å²) in [6.45, 7) is 0. The molecular formula is C50H32O4. The molecule has 4 nitrogen and oxygen atoms in total. The maximum absolute atomic E-state index is 12.4. The third kappa shape index (κ3) is 4.78.